The number of aryl methyl sites for hydroxylation is 1. The number of aromatic hydroxyl groups is 1. The Morgan fingerprint density at radius 3 is 2.19 bits per heavy atom. The fourth-order valence-corrected chi connectivity index (χ4v) is 10.6. The summed E-state index contributed by atoms with van der Waals surface area (Å²) in [4.78, 5) is 61.1. The Balaban J connectivity index is 1.12. The number of benzene rings is 5. The van der Waals surface area contributed by atoms with Gasteiger partial charge >= 0.3 is 0 Å². The van der Waals surface area contributed by atoms with E-state index in [1.54, 1.807) is 38.5 Å². The molecular weight excluding hydrogens is 850 g/mol. The molecule has 12 heteroatoms. The normalized spacial score (nSPS) is 24.1. The molecule has 2 aliphatic carbocycles. The number of methoxy groups -OCH3 is 3. The van der Waals surface area contributed by atoms with Gasteiger partial charge in [-0.3, -0.25) is 29.5 Å². The van der Waals surface area contributed by atoms with Crippen molar-refractivity contribution in [1.29, 1.82) is 0 Å². The van der Waals surface area contributed by atoms with Crippen molar-refractivity contribution in [2.24, 2.45) is 23.7 Å². The van der Waals surface area contributed by atoms with Gasteiger partial charge in [0.05, 0.1) is 60.3 Å². The van der Waals surface area contributed by atoms with Crippen LogP contribution in [0.4, 0.5) is 11.4 Å². The van der Waals surface area contributed by atoms with Gasteiger partial charge in [0.2, 0.25) is 11.8 Å². The number of hydrogen-bond donors (Lipinski definition) is 2. The zero-order valence-corrected chi connectivity index (χ0v) is 36.1. The molecule has 314 valence electrons. The van der Waals surface area contributed by atoms with Gasteiger partial charge in [-0.25, -0.2) is 0 Å². The largest absolute Gasteiger partial charge is 0.503 e. The number of imide groups is 2. The highest BCUT2D eigenvalue weighted by atomic mass is 79.9. The number of anilines is 2. The van der Waals surface area contributed by atoms with Gasteiger partial charge in [0.25, 0.3) is 11.8 Å². The highest BCUT2D eigenvalue weighted by molar-refractivity contribution is 9.10. The van der Waals surface area contributed by atoms with Crippen LogP contribution >= 0.6 is 15.9 Å². The Kier molecular flexibility index (Phi) is 10.5. The molecule has 62 heavy (non-hydrogen) atoms. The molecule has 6 atom stereocenters. The Morgan fingerprint density at radius 2 is 1.50 bits per heavy atom. The quantitative estimate of drug-likeness (QED) is 0.0802. The van der Waals surface area contributed by atoms with Gasteiger partial charge in [-0.1, -0.05) is 84.0 Å². The van der Waals surface area contributed by atoms with Crippen LogP contribution in [0.25, 0.3) is 12.2 Å². The topological polar surface area (TPSA) is 135 Å². The summed E-state index contributed by atoms with van der Waals surface area (Å²) in [5.41, 5.74) is 7.40. The Morgan fingerprint density at radius 1 is 0.774 bits per heavy atom. The first-order chi connectivity index (χ1) is 30.0. The van der Waals surface area contributed by atoms with Crippen molar-refractivity contribution in [1.82, 2.24) is 5.01 Å². The number of ether oxygens (including phenoxy) is 3. The number of nitrogens with one attached hydrogen (secondary N) is 1. The highest BCUT2D eigenvalue weighted by Gasteiger charge is 2.70. The first-order valence-electron chi connectivity index (χ1n) is 20.4. The van der Waals surface area contributed by atoms with E-state index in [0.29, 0.717) is 38.5 Å². The average Bonchev–Trinajstić information content (AvgIpc) is 3.67. The summed E-state index contributed by atoms with van der Waals surface area (Å²) < 4.78 is 16.9. The summed E-state index contributed by atoms with van der Waals surface area (Å²) in [6.07, 6.45) is 6.24. The summed E-state index contributed by atoms with van der Waals surface area (Å²) in [6.45, 7) is 1.96. The number of phenols is 1. The molecule has 4 aliphatic rings. The maximum absolute atomic E-state index is 15.5. The molecular formula is C50H44BrN3O8. The molecule has 9 rings (SSSR count). The van der Waals surface area contributed by atoms with Crippen LogP contribution in [0, 0.1) is 30.6 Å². The molecule has 5 aromatic carbocycles. The summed E-state index contributed by atoms with van der Waals surface area (Å²) >= 11 is 3.52. The Bertz CT molecular complexity index is 2680. The predicted octanol–water partition coefficient (Wildman–Crippen LogP) is 8.85. The van der Waals surface area contributed by atoms with Crippen molar-refractivity contribution >= 4 is 63.1 Å². The maximum atomic E-state index is 15.5. The number of carbonyl (C=O) groups excluding carboxylic acids is 4. The van der Waals surface area contributed by atoms with Gasteiger partial charge in [0, 0.05) is 11.5 Å². The standard InChI is InChI=1S/C50H44BrN3O8/c1-28-10-16-33(17-11-28)52-54-47(57)39-27-38-36(44(31-25-40(51)45(55)42(26-31)62-4)50(39,49(54)59)32-8-6-5-7-9-32)21-22-37-43(38)48(58)53(46(37)56)34-18-13-29(14-19-34)12-15-30-24-35(60-2)20-23-41(30)61-3/h5-21,23-26,37-39,43-44,52,55H,22,27H2,1-4H3/t37-,38+,39-,43-,44-,50+/m0/s1. The average molecular weight is 895 g/mol. The van der Waals surface area contributed by atoms with Crippen LogP contribution in [-0.2, 0) is 24.6 Å². The molecule has 2 heterocycles. The Labute approximate surface area is 367 Å². The lowest BCUT2D eigenvalue weighted by Crippen LogP contribution is -2.53. The number of carbonyl (C=O) groups is 4. The minimum Gasteiger partial charge on any atom is -0.503 e. The second-order valence-corrected chi connectivity index (χ2v) is 17.0. The summed E-state index contributed by atoms with van der Waals surface area (Å²) in [6, 6.07) is 33.0. The van der Waals surface area contributed by atoms with E-state index in [0.717, 1.165) is 27.3 Å². The van der Waals surface area contributed by atoms with Crippen molar-refractivity contribution < 1.29 is 38.5 Å². The minimum atomic E-state index is -1.48. The van der Waals surface area contributed by atoms with Crippen molar-refractivity contribution in [3.63, 3.8) is 0 Å². The van der Waals surface area contributed by atoms with Crippen LogP contribution in [0.5, 0.6) is 23.0 Å². The summed E-state index contributed by atoms with van der Waals surface area (Å²) in [7, 11) is 4.66. The molecule has 2 N–H and O–H groups in total. The lowest BCUT2D eigenvalue weighted by Gasteiger charge is -2.50. The van der Waals surface area contributed by atoms with Gasteiger partial charge < -0.3 is 19.3 Å². The van der Waals surface area contributed by atoms with Gasteiger partial charge in [0.1, 0.15) is 11.5 Å². The van der Waals surface area contributed by atoms with Crippen molar-refractivity contribution in [2.75, 3.05) is 31.7 Å². The molecule has 11 nitrogen and oxygen atoms in total. The van der Waals surface area contributed by atoms with Crippen LogP contribution in [0.15, 0.2) is 125 Å². The molecule has 5 aromatic rings. The summed E-state index contributed by atoms with van der Waals surface area (Å²) in [5.74, 6) is -3.85. The van der Waals surface area contributed by atoms with Crippen LogP contribution in [0.1, 0.15) is 46.6 Å². The fraction of sp³-hybridized carbons (Fsp3) is 0.240. The van der Waals surface area contributed by atoms with Crippen molar-refractivity contribution in [3.8, 4) is 23.0 Å². The van der Waals surface area contributed by atoms with Crippen LogP contribution in [0.3, 0.4) is 0 Å². The SMILES string of the molecule is COc1ccc(OC)c(C=Cc2ccc(N3C(=O)[C@H]4[C@H](CC=C5[C@H]4C[C@H]4C(=O)N(Nc6ccc(C)cc6)C(=O)[C@@]4(c4ccccc4)[C@H]5c4cc(Br)c(O)c(OC)c4)C3=O)cc2)c1. The number of phenolic OH excluding ortho intramolecular Hbond substituents is 1. The second kappa shape index (κ2) is 16.0. The second-order valence-electron chi connectivity index (χ2n) is 16.2. The first-order valence-corrected chi connectivity index (χ1v) is 21.2. The van der Waals surface area contributed by atoms with Gasteiger partial charge in [-0.05, 0) is 113 Å². The number of halogens is 1. The third kappa shape index (κ3) is 6.47. The molecule has 0 bridgehead atoms. The van der Waals surface area contributed by atoms with Gasteiger partial charge in [-0.2, -0.15) is 5.01 Å². The zero-order chi connectivity index (χ0) is 43.4. The molecule has 2 aliphatic heterocycles. The van der Waals surface area contributed by atoms with Crippen molar-refractivity contribution in [3.05, 3.63) is 153 Å². The predicted molar refractivity (Wildman–Crippen MR) is 239 cm³/mol. The van der Waals surface area contributed by atoms with Crippen LogP contribution < -0.4 is 24.5 Å². The molecule has 2 saturated heterocycles. The molecule has 1 saturated carbocycles. The molecule has 0 spiro atoms. The monoisotopic (exact) mass is 893 g/mol. The van der Waals surface area contributed by atoms with E-state index >= 15 is 9.59 Å². The first kappa shape index (κ1) is 40.7. The number of hydrazine groups is 1. The van der Waals surface area contributed by atoms with E-state index < -0.39 is 46.8 Å². The van der Waals surface area contributed by atoms with Crippen molar-refractivity contribution in [2.45, 2.75) is 31.1 Å². The maximum Gasteiger partial charge on any atom is 0.260 e. The number of nitrogens with zero attached hydrogens (tertiary/aromatic N) is 2. The third-order valence-corrected chi connectivity index (χ3v) is 13.6. The lowest BCUT2D eigenvalue weighted by molar-refractivity contribution is -0.138. The van der Waals surface area contributed by atoms with E-state index in [2.05, 4.69) is 21.4 Å². The number of rotatable bonds is 10. The van der Waals surface area contributed by atoms with E-state index in [9.17, 15) is 14.7 Å². The van der Waals surface area contributed by atoms with Gasteiger partial charge in [0.15, 0.2) is 11.5 Å². The number of amides is 4. The minimum absolute atomic E-state index is 0.114. The smallest absolute Gasteiger partial charge is 0.260 e. The highest BCUT2D eigenvalue weighted by Crippen LogP contribution is 2.64. The molecule has 4 amide bonds. The summed E-state index contributed by atoms with van der Waals surface area (Å²) in [5, 5.41) is 12.1. The molecule has 0 radical (unpaired) electrons. The van der Waals surface area contributed by atoms with Gasteiger partial charge in [-0.15, -0.1) is 0 Å². The number of hydrogen-bond acceptors (Lipinski definition) is 9. The molecule has 0 aromatic heterocycles. The van der Waals surface area contributed by atoms with Crippen LogP contribution in [-0.4, -0.2) is 55.1 Å². The molecule has 3 fully saturated rings. The molecule has 0 unspecified atom stereocenters. The lowest BCUT2D eigenvalue weighted by atomic mass is 9.49. The zero-order valence-electron chi connectivity index (χ0n) is 34.5. The van der Waals surface area contributed by atoms with E-state index in [1.165, 1.54) is 12.0 Å². The van der Waals surface area contributed by atoms with Crippen LogP contribution in [0.2, 0.25) is 0 Å². The third-order valence-electron chi connectivity index (χ3n) is 13.0. The Hall–Kier alpha value is -6.66. The number of fused-ring (bicyclic) bond motifs is 4. The van der Waals surface area contributed by atoms with E-state index in [4.69, 9.17) is 14.2 Å². The van der Waals surface area contributed by atoms with E-state index in [1.807, 2.05) is 110 Å². The fourth-order valence-electron chi connectivity index (χ4n) is 10.2. The van der Waals surface area contributed by atoms with E-state index in [-0.39, 0.29) is 36.2 Å². The number of allylic oxidation sites excluding steroid dienone is 2.